The monoisotopic (exact) mass is 224 g/mol. The molecule has 1 fully saturated rings. The highest BCUT2D eigenvalue weighted by molar-refractivity contribution is 5.93. The van der Waals surface area contributed by atoms with Crippen LogP contribution >= 0.6 is 0 Å². The average molecular weight is 224 g/mol. The van der Waals surface area contributed by atoms with Crippen LogP contribution in [-0.4, -0.2) is 40.1 Å². The van der Waals surface area contributed by atoms with Crippen molar-refractivity contribution in [2.24, 2.45) is 5.41 Å². The number of nitrogens with zero attached hydrogens (tertiary/aromatic N) is 2. The Morgan fingerprint density at radius 1 is 1.62 bits per heavy atom. The highest BCUT2D eigenvalue weighted by atomic mass is 16.5. The second kappa shape index (κ2) is 3.62. The van der Waals surface area contributed by atoms with Gasteiger partial charge in [0.25, 0.3) is 5.91 Å². The first-order valence-corrected chi connectivity index (χ1v) is 4.96. The summed E-state index contributed by atoms with van der Waals surface area (Å²) in [4.78, 5) is 24.3. The maximum absolute atomic E-state index is 11.8. The van der Waals surface area contributed by atoms with Crippen LogP contribution in [0, 0.1) is 5.41 Å². The van der Waals surface area contributed by atoms with Crippen LogP contribution in [-0.2, 0) is 4.79 Å². The van der Waals surface area contributed by atoms with Crippen LogP contribution < -0.4 is 0 Å². The largest absolute Gasteiger partial charge is 0.481 e. The molecular weight excluding hydrogens is 212 g/mol. The van der Waals surface area contributed by atoms with Crippen LogP contribution in [0.4, 0.5) is 0 Å². The molecule has 1 aromatic rings. The van der Waals surface area contributed by atoms with Gasteiger partial charge < -0.3 is 14.5 Å². The molecule has 0 bridgehead atoms. The molecule has 1 N–H and O–H groups in total. The van der Waals surface area contributed by atoms with Crippen LogP contribution in [0.2, 0.25) is 0 Å². The number of likely N-dealkylation sites (tertiary alicyclic amines) is 1. The van der Waals surface area contributed by atoms with E-state index in [4.69, 9.17) is 5.11 Å². The predicted molar refractivity (Wildman–Crippen MR) is 52.8 cm³/mol. The number of amides is 1. The Morgan fingerprint density at radius 3 is 2.88 bits per heavy atom. The van der Waals surface area contributed by atoms with E-state index in [1.807, 2.05) is 0 Å². The molecule has 1 aromatic heterocycles. The maximum Gasteiger partial charge on any atom is 0.311 e. The van der Waals surface area contributed by atoms with E-state index in [0.29, 0.717) is 13.0 Å². The van der Waals surface area contributed by atoms with Gasteiger partial charge in [-0.3, -0.25) is 9.59 Å². The van der Waals surface area contributed by atoms with E-state index in [2.05, 4.69) is 9.68 Å². The molecule has 1 amide bonds. The number of carbonyl (C=O) groups is 2. The third-order valence-corrected chi connectivity index (χ3v) is 2.93. The molecule has 0 saturated carbocycles. The van der Waals surface area contributed by atoms with Gasteiger partial charge in [0.2, 0.25) is 0 Å². The van der Waals surface area contributed by atoms with Crippen LogP contribution in [0.25, 0.3) is 0 Å². The summed E-state index contributed by atoms with van der Waals surface area (Å²) in [5, 5.41) is 12.6. The number of carboxylic acid groups (broad SMARTS) is 1. The van der Waals surface area contributed by atoms with E-state index in [1.54, 1.807) is 6.92 Å². The molecule has 2 heterocycles. The lowest BCUT2D eigenvalue weighted by Crippen LogP contribution is -2.34. The van der Waals surface area contributed by atoms with Crippen molar-refractivity contribution in [1.29, 1.82) is 0 Å². The first kappa shape index (κ1) is 10.7. The summed E-state index contributed by atoms with van der Waals surface area (Å²) < 4.78 is 4.58. The van der Waals surface area contributed by atoms with Crippen molar-refractivity contribution in [2.45, 2.75) is 13.3 Å². The lowest BCUT2D eigenvalue weighted by molar-refractivity contribution is -0.147. The van der Waals surface area contributed by atoms with E-state index in [1.165, 1.54) is 17.2 Å². The van der Waals surface area contributed by atoms with Crippen LogP contribution in [0.15, 0.2) is 16.9 Å². The Hall–Kier alpha value is -1.85. The number of hydrogen-bond donors (Lipinski definition) is 1. The van der Waals surface area contributed by atoms with Gasteiger partial charge in [0, 0.05) is 19.2 Å². The molecule has 1 atom stereocenters. The summed E-state index contributed by atoms with van der Waals surface area (Å²) in [6.45, 7) is 2.30. The molecule has 16 heavy (non-hydrogen) atoms. The fourth-order valence-electron chi connectivity index (χ4n) is 1.79. The summed E-state index contributed by atoms with van der Waals surface area (Å²) in [6.07, 6.45) is 1.78. The summed E-state index contributed by atoms with van der Waals surface area (Å²) in [6, 6.07) is 1.47. The van der Waals surface area contributed by atoms with Crippen molar-refractivity contribution < 1.29 is 19.2 Å². The van der Waals surface area contributed by atoms with Gasteiger partial charge >= 0.3 is 5.97 Å². The molecule has 1 unspecified atom stereocenters. The summed E-state index contributed by atoms with van der Waals surface area (Å²) in [5.74, 6) is -1.15. The zero-order chi connectivity index (χ0) is 11.8. The summed E-state index contributed by atoms with van der Waals surface area (Å²) in [5.41, 5.74) is -0.631. The molecule has 0 radical (unpaired) electrons. The van der Waals surface area contributed by atoms with E-state index >= 15 is 0 Å². The standard InChI is InChI=1S/C10H12N2O4/c1-10(9(14)15)3-4-12(6-10)8(13)7-2-5-16-11-7/h2,5H,3-4,6H2,1H3,(H,14,15). The topological polar surface area (TPSA) is 83.6 Å². The van der Waals surface area contributed by atoms with Crippen LogP contribution in [0.5, 0.6) is 0 Å². The molecule has 1 saturated heterocycles. The molecule has 2 rings (SSSR count). The second-order valence-corrected chi connectivity index (χ2v) is 4.23. The number of carboxylic acids is 1. The maximum atomic E-state index is 11.8. The first-order valence-electron chi connectivity index (χ1n) is 4.96. The normalized spacial score (nSPS) is 24.7. The van der Waals surface area contributed by atoms with Gasteiger partial charge in [-0.05, 0) is 13.3 Å². The number of hydrogen-bond acceptors (Lipinski definition) is 4. The van der Waals surface area contributed by atoms with Gasteiger partial charge in [-0.1, -0.05) is 5.16 Å². The smallest absolute Gasteiger partial charge is 0.311 e. The lowest BCUT2D eigenvalue weighted by atomic mass is 9.90. The molecule has 0 spiro atoms. The molecule has 6 heteroatoms. The highest BCUT2D eigenvalue weighted by Crippen LogP contribution is 2.30. The summed E-state index contributed by atoms with van der Waals surface area (Å²) >= 11 is 0. The minimum Gasteiger partial charge on any atom is -0.481 e. The van der Waals surface area contributed by atoms with Crippen molar-refractivity contribution in [2.75, 3.05) is 13.1 Å². The van der Waals surface area contributed by atoms with E-state index in [9.17, 15) is 9.59 Å². The van der Waals surface area contributed by atoms with E-state index < -0.39 is 11.4 Å². The molecule has 1 aliphatic rings. The molecule has 0 aromatic carbocycles. The lowest BCUT2D eigenvalue weighted by Gasteiger charge is -2.19. The quantitative estimate of drug-likeness (QED) is 0.795. The Balaban J connectivity index is 2.10. The minimum atomic E-state index is -0.872. The Bertz CT molecular complexity index is 414. The fourth-order valence-corrected chi connectivity index (χ4v) is 1.79. The van der Waals surface area contributed by atoms with Crippen molar-refractivity contribution in [3.63, 3.8) is 0 Å². The summed E-state index contributed by atoms with van der Waals surface area (Å²) in [7, 11) is 0. The van der Waals surface area contributed by atoms with Crippen LogP contribution in [0.3, 0.4) is 0 Å². The molecule has 86 valence electrons. The first-order chi connectivity index (χ1) is 7.53. The average Bonchev–Trinajstić information content (AvgIpc) is 2.85. The third-order valence-electron chi connectivity index (χ3n) is 2.93. The van der Waals surface area contributed by atoms with Gasteiger partial charge in [0.05, 0.1) is 5.41 Å². The van der Waals surface area contributed by atoms with Gasteiger partial charge in [-0.25, -0.2) is 0 Å². The SMILES string of the molecule is CC1(C(=O)O)CCN(C(=O)c2ccon2)C1. The number of rotatable bonds is 2. The number of aromatic nitrogens is 1. The van der Waals surface area contributed by atoms with Crippen LogP contribution in [0.1, 0.15) is 23.8 Å². The van der Waals surface area contributed by atoms with Gasteiger partial charge in [-0.2, -0.15) is 0 Å². The minimum absolute atomic E-state index is 0.216. The zero-order valence-electron chi connectivity index (χ0n) is 8.84. The molecule has 1 aliphatic heterocycles. The van der Waals surface area contributed by atoms with Crippen molar-refractivity contribution in [3.05, 3.63) is 18.0 Å². The number of aliphatic carboxylic acids is 1. The van der Waals surface area contributed by atoms with E-state index in [-0.39, 0.29) is 18.1 Å². The predicted octanol–water partition coefficient (Wildman–Crippen LogP) is 0.611. The second-order valence-electron chi connectivity index (χ2n) is 4.23. The van der Waals surface area contributed by atoms with Gasteiger partial charge in [0.1, 0.15) is 6.26 Å². The fraction of sp³-hybridized carbons (Fsp3) is 0.500. The Kier molecular flexibility index (Phi) is 2.41. The Labute approximate surface area is 91.8 Å². The zero-order valence-corrected chi connectivity index (χ0v) is 8.84. The van der Waals surface area contributed by atoms with Crippen molar-refractivity contribution in [3.8, 4) is 0 Å². The molecular formula is C10H12N2O4. The number of carbonyl (C=O) groups excluding carboxylic acids is 1. The van der Waals surface area contributed by atoms with Crippen molar-refractivity contribution >= 4 is 11.9 Å². The van der Waals surface area contributed by atoms with E-state index in [0.717, 1.165) is 0 Å². The van der Waals surface area contributed by atoms with Crippen molar-refractivity contribution in [1.82, 2.24) is 10.1 Å². The Morgan fingerprint density at radius 2 is 2.38 bits per heavy atom. The van der Waals surface area contributed by atoms with Gasteiger partial charge in [-0.15, -0.1) is 0 Å². The van der Waals surface area contributed by atoms with Gasteiger partial charge in [0.15, 0.2) is 5.69 Å². The molecule has 0 aliphatic carbocycles. The highest BCUT2D eigenvalue weighted by Gasteiger charge is 2.42. The molecule has 6 nitrogen and oxygen atoms in total. The third kappa shape index (κ3) is 1.66.